The first-order valence-corrected chi connectivity index (χ1v) is 9.51. The van der Waals surface area contributed by atoms with Gasteiger partial charge < -0.3 is 19.0 Å². The highest BCUT2D eigenvalue weighted by atomic mass is 28.4. The summed E-state index contributed by atoms with van der Waals surface area (Å²) >= 11 is 0. The average Bonchev–Trinajstić information content (AvgIpc) is 2.36. The Bertz CT molecular complexity index is 288. The summed E-state index contributed by atoms with van der Waals surface area (Å²) in [4.78, 5) is 0. The molecule has 2 N–H and O–H groups in total. The molecular weight excluding hydrogens is 270 g/mol. The molecule has 0 aliphatic rings. The molecule has 20 heavy (non-hydrogen) atoms. The molecule has 0 aromatic carbocycles. The van der Waals surface area contributed by atoms with Gasteiger partial charge in [-0.05, 0) is 40.0 Å². The van der Waals surface area contributed by atoms with E-state index in [0.29, 0.717) is 25.7 Å². The van der Waals surface area contributed by atoms with Crippen molar-refractivity contribution in [3.8, 4) is 0 Å². The highest BCUT2D eigenvalue weighted by molar-refractivity contribution is 6.63. The van der Waals surface area contributed by atoms with Crippen molar-refractivity contribution in [2.24, 2.45) is 11.7 Å². The summed E-state index contributed by atoms with van der Waals surface area (Å²) in [6, 6.07) is 0. The maximum atomic E-state index is 6.36. The lowest BCUT2D eigenvalue weighted by Gasteiger charge is -2.34. The van der Waals surface area contributed by atoms with Crippen molar-refractivity contribution in [2.45, 2.75) is 60.4 Å². The first-order chi connectivity index (χ1) is 9.34. The molecule has 5 heteroatoms. The molecule has 0 aliphatic carbocycles. The minimum absolute atomic E-state index is 0.0129. The van der Waals surface area contributed by atoms with Crippen molar-refractivity contribution in [1.29, 1.82) is 0 Å². The van der Waals surface area contributed by atoms with Gasteiger partial charge in [-0.3, -0.25) is 0 Å². The number of allylic oxidation sites excluding steroid dienone is 2. The Labute approximate surface area is 126 Å². The topological polar surface area (TPSA) is 53.7 Å². The molecule has 1 unspecified atom stereocenters. The van der Waals surface area contributed by atoms with Crippen LogP contribution in [0, 0.1) is 5.92 Å². The van der Waals surface area contributed by atoms with Gasteiger partial charge in [0, 0.05) is 25.5 Å². The van der Waals surface area contributed by atoms with Gasteiger partial charge in [0.1, 0.15) is 0 Å². The summed E-state index contributed by atoms with van der Waals surface area (Å²) in [6.45, 7) is 16.2. The van der Waals surface area contributed by atoms with E-state index in [1.54, 1.807) is 0 Å². The Hall–Kier alpha value is -0.363. The van der Waals surface area contributed by atoms with Crippen LogP contribution in [0.4, 0.5) is 0 Å². The second-order valence-corrected chi connectivity index (χ2v) is 8.40. The van der Waals surface area contributed by atoms with Gasteiger partial charge in [-0.25, -0.2) is 0 Å². The Morgan fingerprint density at radius 3 is 1.65 bits per heavy atom. The molecule has 0 fully saturated rings. The second kappa shape index (κ2) is 9.55. The lowest BCUT2D eigenvalue weighted by Crippen LogP contribution is -2.51. The molecular formula is C15H33NO3Si. The second-order valence-electron chi connectivity index (χ2n) is 5.46. The van der Waals surface area contributed by atoms with Crippen LogP contribution in [-0.2, 0) is 13.3 Å². The molecule has 0 radical (unpaired) electrons. The molecule has 0 aromatic heterocycles. The number of hydrogen-bond donors (Lipinski definition) is 1. The summed E-state index contributed by atoms with van der Waals surface area (Å²) in [7, 11) is -2.76. The van der Waals surface area contributed by atoms with Gasteiger partial charge in [0.15, 0.2) is 0 Å². The van der Waals surface area contributed by atoms with Gasteiger partial charge in [0.05, 0.1) is 5.54 Å². The smallest absolute Gasteiger partial charge is 0.402 e. The molecule has 0 rings (SSSR count). The first-order valence-electron chi connectivity index (χ1n) is 7.71. The molecule has 0 saturated carbocycles. The predicted molar refractivity (Wildman–Crippen MR) is 86.4 cm³/mol. The van der Waals surface area contributed by atoms with Gasteiger partial charge in [-0.1, -0.05) is 26.3 Å². The zero-order valence-electron chi connectivity index (χ0n) is 14.3. The number of rotatable bonds is 10. The van der Waals surface area contributed by atoms with Gasteiger partial charge in [0.2, 0.25) is 0 Å². The van der Waals surface area contributed by atoms with Crippen LogP contribution in [0.1, 0.15) is 54.9 Å². The molecule has 0 aromatic rings. The Morgan fingerprint density at radius 2 is 1.35 bits per heavy atom. The van der Waals surface area contributed by atoms with E-state index in [9.17, 15) is 0 Å². The fourth-order valence-electron chi connectivity index (χ4n) is 2.39. The molecule has 120 valence electrons. The SMILES string of the molecule is CCO[Si](OCC)(OCC)C(C)/C(N)=C(\C)CC(C)C. The van der Waals surface area contributed by atoms with E-state index in [0.717, 1.165) is 12.1 Å². The van der Waals surface area contributed by atoms with Crippen LogP contribution in [-0.4, -0.2) is 28.6 Å². The third-order valence-corrected chi connectivity index (χ3v) is 6.69. The van der Waals surface area contributed by atoms with Crippen LogP contribution in [0.2, 0.25) is 5.54 Å². The highest BCUT2D eigenvalue weighted by Gasteiger charge is 2.48. The summed E-state index contributed by atoms with van der Waals surface area (Å²) in [5, 5.41) is 0. The quantitative estimate of drug-likeness (QED) is 0.625. The molecule has 0 heterocycles. The molecule has 0 bridgehead atoms. The van der Waals surface area contributed by atoms with E-state index in [1.165, 1.54) is 5.57 Å². The normalized spacial score (nSPS) is 15.4. The van der Waals surface area contributed by atoms with Gasteiger partial charge in [-0.15, -0.1) is 0 Å². The number of hydrogen-bond acceptors (Lipinski definition) is 4. The van der Waals surface area contributed by atoms with Crippen LogP contribution in [0.5, 0.6) is 0 Å². The van der Waals surface area contributed by atoms with Crippen LogP contribution < -0.4 is 5.73 Å². The van der Waals surface area contributed by atoms with Crippen molar-refractivity contribution in [3.63, 3.8) is 0 Å². The van der Waals surface area contributed by atoms with Crippen LogP contribution in [0.3, 0.4) is 0 Å². The average molecular weight is 304 g/mol. The molecule has 0 spiro atoms. The Balaban J connectivity index is 5.32. The standard InChI is InChI=1S/C15H33NO3Si/c1-8-17-20(18-9-2,19-10-3)14(7)15(16)13(6)11-12(4)5/h12,14H,8-11,16H2,1-7H3/b15-13-. The third kappa shape index (κ3) is 5.56. The largest absolute Gasteiger partial charge is 0.510 e. The zero-order valence-corrected chi connectivity index (χ0v) is 15.3. The molecule has 0 aliphatic heterocycles. The van der Waals surface area contributed by atoms with Crippen LogP contribution in [0.15, 0.2) is 11.3 Å². The minimum Gasteiger partial charge on any atom is -0.402 e. The first kappa shape index (κ1) is 19.6. The van der Waals surface area contributed by atoms with Crippen molar-refractivity contribution in [3.05, 3.63) is 11.3 Å². The van der Waals surface area contributed by atoms with E-state index in [1.807, 2.05) is 20.8 Å². The lowest BCUT2D eigenvalue weighted by atomic mass is 10.0. The van der Waals surface area contributed by atoms with Crippen LogP contribution in [0.25, 0.3) is 0 Å². The summed E-state index contributed by atoms with van der Waals surface area (Å²) in [5.74, 6) is 0.586. The molecule has 1 atom stereocenters. The van der Waals surface area contributed by atoms with Crippen LogP contribution >= 0.6 is 0 Å². The number of nitrogens with two attached hydrogens (primary N) is 1. The highest BCUT2D eigenvalue weighted by Crippen LogP contribution is 2.32. The fraction of sp³-hybridized carbons (Fsp3) is 0.867. The molecule has 0 saturated heterocycles. The summed E-state index contributed by atoms with van der Waals surface area (Å²) < 4.78 is 17.8. The zero-order chi connectivity index (χ0) is 15.8. The van der Waals surface area contributed by atoms with Crippen molar-refractivity contribution in [1.82, 2.24) is 0 Å². The minimum atomic E-state index is -2.76. The summed E-state index contributed by atoms with van der Waals surface area (Å²) in [6.07, 6.45) is 0.991. The van der Waals surface area contributed by atoms with Gasteiger partial charge >= 0.3 is 8.80 Å². The van der Waals surface area contributed by atoms with E-state index in [-0.39, 0.29) is 5.54 Å². The fourth-order valence-corrected chi connectivity index (χ4v) is 5.23. The Morgan fingerprint density at radius 1 is 0.950 bits per heavy atom. The van der Waals surface area contributed by atoms with E-state index in [2.05, 4.69) is 27.7 Å². The van der Waals surface area contributed by atoms with Crippen molar-refractivity contribution in [2.75, 3.05) is 19.8 Å². The third-order valence-electron chi connectivity index (χ3n) is 3.24. The Kier molecular flexibility index (Phi) is 9.38. The van der Waals surface area contributed by atoms with Gasteiger partial charge in [-0.2, -0.15) is 0 Å². The van der Waals surface area contributed by atoms with E-state index in [4.69, 9.17) is 19.0 Å². The monoisotopic (exact) mass is 303 g/mol. The maximum Gasteiger partial charge on any atom is 0.510 e. The predicted octanol–water partition coefficient (Wildman–Crippen LogP) is 3.70. The lowest BCUT2D eigenvalue weighted by molar-refractivity contribution is 0.0655. The van der Waals surface area contributed by atoms with Crippen molar-refractivity contribution >= 4 is 8.80 Å². The van der Waals surface area contributed by atoms with E-state index >= 15 is 0 Å². The summed E-state index contributed by atoms with van der Waals surface area (Å²) in [5.41, 5.74) is 8.42. The molecule has 0 amide bonds. The maximum absolute atomic E-state index is 6.36. The van der Waals surface area contributed by atoms with Gasteiger partial charge in [0.25, 0.3) is 0 Å². The van der Waals surface area contributed by atoms with E-state index < -0.39 is 8.80 Å². The molecule has 4 nitrogen and oxygen atoms in total. The van der Waals surface area contributed by atoms with Crippen molar-refractivity contribution < 1.29 is 13.3 Å².